The van der Waals surface area contributed by atoms with Crippen LogP contribution in [0.4, 0.5) is 10.5 Å². The van der Waals surface area contributed by atoms with Crippen molar-refractivity contribution in [1.29, 1.82) is 5.26 Å². The van der Waals surface area contributed by atoms with Crippen LogP contribution in [0, 0.1) is 11.3 Å². The van der Waals surface area contributed by atoms with E-state index in [2.05, 4.69) is 10.3 Å². The summed E-state index contributed by atoms with van der Waals surface area (Å²) in [6, 6.07) is 12.0. The number of nitrogens with zero attached hydrogens (tertiary/aromatic N) is 2. The molecule has 1 amide bonds. The molecule has 0 spiro atoms. The van der Waals surface area contributed by atoms with E-state index in [1.165, 1.54) is 19.4 Å². The summed E-state index contributed by atoms with van der Waals surface area (Å²) < 4.78 is 9.97. The Balaban J connectivity index is 2.07. The average Bonchev–Trinajstić information content (AvgIpc) is 2.48. The Morgan fingerprint density at radius 3 is 2.75 bits per heavy atom. The number of rotatable bonds is 3. The predicted molar refractivity (Wildman–Crippen MR) is 71.6 cm³/mol. The van der Waals surface area contributed by atoms with Crippen molar-refractivity contribution in [2.24, 2.45) is 0 Å². The van der Waals surface area contributed by atoms with Gasteiger partial charge in [-0.25, -0.2) is 9.78 Å². The molecule has 0 aliphatic heterocycles. The summed E-state index contributed by atoms with van der Waals surface area (Å²) in [5.74, 6) is 0.626. The molecule has 0 radical (unpaired) electrons. The zero-order valence-corrected chi connectivity index (χ0v) is 10.7. The third-order valence-corrected chi connectivity index (χ3v) is 2.37. The first-order valence-electron chi connectivity index (χ1n) is 5.71. The molecule has 0 aliphatic rings. The summed E-state index contributed by atoms with van der Waals surface area (Å²) in [4.78, 5) is 15.6. The lowest BCUT2D eigenvalue weighted by Gasteiger charge is -2.07. The van der Waals surface area contributed by atoms with E-state index in [-0.39, 0.29) is 11.4 Å². The maximum Gasteiger partial charge on any atom is 0.417 e. The molecular formula is C14H11N3O3. The Hall–Kier alpha value is -3.07. The fraction of sp³-hybridized carbons (Fsp3) is 0.0714. The number of anilines is 1. The molecule has 1 heterocycles. The summed E-state index contributed by atoms with van der Waals surface area (Å²) in [5, 5.41) is 11.4. The molecule has 6 heteroatoms. The number of para-hydroxylation sites is 1. The number of nitrogens with one attached hydrogen (secondary N) is 1. The lowest BCUT2D eigenvalue weighted by molar-refractivity contribution is 0.215. The summed E-state index contributed by atoms with van der Waals surface area (Å²) in [5.41, 5.74) is 0.577. The van der Waals surface area contributed by atoms with Crippen LogP contribution in [-0.2, 0) is 0 Å². The third kappa shape index (κ3) is 3.23. The first-order valence-corrected chi connectivity index (χ1v) is 5.71. The Labute approximate surface area is 115 Å². The molecule has 1 aromatic heterocycles. The third-order valence-electron chi connectivity index (χ3n) is 2.37. The van der Waals surface area contributed by atoms with Gasteiger partial charge in [-0.3, -0.25) is 5.32 Å². The second kappa shape index (κ2) is 6.20. The highest BCUT2D eigenvalue weighted by molar-refractivity contribution is 5.86. The first-order chi connectivity index (χ1) is 9.72. The molecule has 1 N–H and O–H groups in total. The van der Waals surface area contributed by atoms with Crippen molar-refractivity contribution in [3.63, 3.8) is 0 Å². The van der Waals surface area contributed by atoms with E-state index in [9.17, 15) is 4.79 Å². The van der Waals surface area contributed by atoms with Crippen molar-refractivity contribution in [3.8, 4) is 17.7 Å². The van der Waals surface area contributed by atoms with Crippen molar-refractivity contribution < 1.29 is 14.3 Å². The molecular weight excluding hydrogens is 258 g/mol. The number of benzene rings is 1. The van der Waals surface area contributed by atoms with Gasteiger partial charge in [0.1, 0.15) is 17.4 Å². The molecule has 0 unspecified atom stereocenters. The van der Waals surface area contributed by atoms with Gasteiger partial charge in [-0.2, -0.15) is 5.26 Å². The number of pyridine rings is 1. The van der Waals surface area contributed by atoms with E-state index < -0.39 is 6.09 Å². The van der Waals surface area contributed by atoms with Crippen LogP contribution >= 0.6 is 0 Å². The van der Waals surface area contributed by atoms with Crippen molar-refractivity contribution in [2.75, 3.05) is 12.4 Å². The summed E-state index contributed by atoms with van der Waals surface area (Å²) >= 11 is 0. The number of amides is 1. The van der Waals surface area contributed by atoms with E-state index in [4.69, 9.17) is 14.7 Å². The first kappa shape index (κ1) is 13.4. The van der Waals surface area contributed by atoms with E-state index >= 15 is 0 Å². The van der Waals surface area contributed by atoms with Gasteiger partial charge in [-0.15, -0.1) is 0 Å². The SMILES string of the molecule is COc1ncc(NC(=O)Oc2ccccc2)cc1C#N. The maximum atomic E-state index is 11.7. The smallest absolute Gasteiger partial charge is 0.417 e. The summed E-state index contributed by atoms with van der Waals surface area (Å²) in [6.07, 6.45) is 0.721. The van der Waals surface area contributed by atoms with Gasteiger partial charge in [-0.05, 0) is 18.2 Å². The number of methoxy groups -OCH3 is 1. The number of carbonyl (C=O) groups is 1. The van der Waals surface area contributed by atoms with Crippen molar-refractivity contribution in [2.45, 2.75) is 0 Å². The number of nitriles is 1. The van der Waals surface area contributed by atoms with Crippen LogP contribution in [0.15, 0.2) is 42.6 Å². The van der Waals surface area contributed by atoms with Gasteiger partial charge in [0.15, 0.2) is 0 Å². The van der Waals surface area contributed by atoms with Gasteiger partial charge in [0.25, 0.3) is 0 Å². The van der Waals surface area contributed by atoms with Gasteiger partial charge in [0.05, 0.1) is 19.0 Å². The fourth-order valence-corrected chi connectivity index (χ4v) is 1.50. The monoisotopic (exact) mass is 269 g/mol. The lowest BCUT2D eigenvalue weighted by atomic mass is 10.3. The normalized spacial score (nSPS) is 9.40. The van der Waals surface area contributed by atoms with E-state index in [1.54, 1.807) is 24.3 Å². The predicted octanol–water partition coefficient (Wildman–Crippen LogP) is 2.57. The highest BCUT2D eigenvalue weighted by Gasteiger charge is 2.09. The molecule has 100 valence electrons. The van der Waals surface area contributed by atoms with Gasteiger partial charge >= 0.3 is 6.09 Å². The van der Waals surface area contributed by atoms with Crippen LogP contribution in [-0.4, -0.2) is 18.2 Å². The molecule has 0 aliphatic carbocycles. The van der Waals surface area contributed by atoms with Crippen LogP contribution in [0.1, 0.15) is 5.56 Å². The van der Waals surface area contributed by atoms with Crippen molar-refractivity contribution >= 4 is 11.8 Å². The molecule has 2 rings (SSSR count). The molecule has 6 nitrogen and oxygen atoms in total. The molecule has 20 heavy (non-hydrogen) atoms. The topological polar surface area (TPSA) is 84.2 Å². The largest absolute Gasteiger partial charge is 0.480 e. The molecule has 0 saturated heterocycles. The Morgan fingerprint density at radius 2 is 2.10 bits per heavy atom. The Morgan fingerprint density at radius 1 is 1.35 bits per heavy atom. The van der Waals surface area contributed by atoms with Crippen molar-refractivity contribution in [1.82, 2.24) is 4.98 Å². The van der Waals surface area contributed by atoms with Crippen LogP contribution in [0.2, 0.25) is 0 Å². The number of aromatic nitrogens is 1. The molecule has 1 aromatic carbocycles. The number of ether oxygens (including phenoxy) is 2. The quantitative estimate of drug-likeness (QED) is 0.925. The zero-order valence-electron chi connectivity index (χ0n) is 10.7. The van der Waals surface area contributed by atoms with Crippen LogP contribution in [0.25, 0.3) is 0 Å². The number of hydrogen-bond acceptors (Lipinski definition) is 5. The van der Waals surface area contributed by atoms with E-state index in [1.807, 2.05) is 12.1 Å². The molecule has 2 aromatic rings. The lowest BCUT2D eigenvalue weighted by Crippen LogP contribution is -2.17. The zero-order chi connectivity index (χ0) is 14.4. The number of carbonyl (C=O) groups excluding carboxylic acids is 1. The van der Waals surface area contributed by atoms with Crippen LogP contribution < -0.4 is 14.8 Å². The van der Waals surface area contributed by atoms with Crippen LogP contribution in [0.5, 0.6) is 11.6 Å². The minimum absolute atomic E-state index is 0.203. The molecule has 0 atom stereocenters. The van der Waals surface area contributed by atoms with Gasteiger partial charge in [0.2, 0.25) is 5.88 Å². The standard InChI is InChI=1S/C14H11N3O3/c1-19-13-10(8-15)7-11(9-16-13)17-14(18)20-12-5-3-2-4-6-12/h2-7,9H,1H3,(H,17,18). The van der Waals surface area contributed by atoms with E-state index in [0.29, 0.717) is 11.4 Å². The minimum Gasteiger partial charge on any atom is -0.480 e. The molecule has 0 fully saturated rings. The Bertz CT molecular complexity index is 650. The highest BCUT2D eigenvalue weighted by atomic mass is 16.6. The average molecular weight is 269 g/mol. The number of hydrogen-bond donors (Lipinski definition) is 1. The van der Waals surface area contributed by atoms with Gasteiger partial charge in [-0.1, -0.05) is 18.2 Å². The summed E-state index contributed by atoms with van der Waals surface area (Å²) in [6.45, 7) is 0. The summed E-state index contributed by atoms with van der Waals surface area (Å²) in [7, 11) is 1.42. The Kier molecular flexibility index (Phi) is 4.14. The fourth-order valence-electron chi connectivity index (χ4n) is 1.50. The highest BCUT2D eigenvalue weighted by Crippen LogP contribution is 2.18. The van der Waals surface area contributed by atoms with Gasteiger partial charge < -0.3 is 9.47 Å². The van der Waals surface area contributed by atoms with Crippen LogP contribution in [0.3, 0.4) is 0 Å². The second-order valence-corrected chi connectivity index (χ2v) is 3.72. The van der Waals surface area contributed by atoms with Crippen molar-refractivity contribution in [3.05, 3.63) is 48.2 Å². The van der Waals surface area contributed by atoms with E-state index in [0.717, 1.165) is 0 Å². The molecule has 0 saturated carbocycles. The minimum atomic E-state index is -0.660. The molecule has 0 bridgehead atoms. The maximum absolute atomic E-state index is 11.7. The second-order valence-electron chi connectivity index (χ2n) is 3.72. The van der Waals surface area contributed by atoms with Gasteiger partial charge in [0, 0.05) is 0 Å².